The molecular weight excluding hydrogens is 396 g/mol. The zero-order chi connectivity index (χ0) is 21.3. The van der Waals surface area contributed by atoms with Gasteiger partial charge in [-0.1, -0.05) is 90.5 Å². The van der Waals surface area contributed by atoms with Crippen molar-refractivity contribution >= 4 is 23.4 Å². The van der Waals surface area contributed by atoms with E-state index in [4.69, 9.17) is 11.6 Å². The van der Waals surface area contributed by atoms with Crippen LogP contribution < -0.4 is 5.32 Å². The third-order valence-electron chi connectivity index (χ3n) is 4.96. The van der Waals surface area contributed by atoms with Crippen molar-refractivity contribution in [3.8, 4) is 0 Å². The number of carbonyl (C=O) groups is 2. The number of nitrogens with one attached hydrogen (secondary N) is 1. The molecule has 154 valence electrons. The molecule has 3 rings (SSSR count). The van der Waals surface area contributed by atoms with Crippen molar-refractivity contribution in [2.45, 2.75) is 32.5 Å². The molecule has 0 fully saturated rings. The summed E-state index contributed by atoms with van der Waals surface area (Å²) in [5.41, 5.74) is 2.81. The lowest BCUT2D eigenvalue weighted by Crippen LogP contribution is -2.49. The van der Waals surface area contributed by atoms with Crippen LogP contribution in [-0.4, -0.2) is 22.8 Å². The van der Waals surface area contributed by atoms with Crippen LogP contribution in [0.2, 0.25) is 5.02 Å². The molecule has 1 N–H and O–H groups in total. The summed E-state index contributed by atoms with van der Waals surface area (Å²) in [6.07, 6.45) is 0.432. The summed E-state index contributed by atoms with van der Waals surface area (Å²) in [5.74, 6) is -0.349. The first kappa shape index (κ1) is 21.6. The van der Waals surface area contributed by atoms with Gasteiger partial charge in [0.05, 0.1) is 0 Å². The van der Waals surface area contributed by atoms with Crippen LogP contribution in [0.15, 0.2) is 84.9 Å². The Morgan fingerprint density at radius 1 is 0.867 bits per heavy atom. The number of hydrogen-bond donors (Lipinski definition) is 1. The number of hydrogen-bond acceptors (Lipinski definition) is 2. The lowest BCUT2D eigenvalue weighted by atomic mass is 10.0. The minimum atomic E-state index is -0.632. The monoisotopic (exact) mass is 420 g/mol. The van der Waals surface area contributed by atoms with Crippen LogP contribution >= 0.6 is 11.6 Å². The van der Waals surface area contributed by atoms with Gasteiger partial charge in [-0.3, -0.25) is 9.59 Å². The smallest absolute Gasteiger partial charge is 0.243 e. The SMILES string of the molecule is CC(=O)N(Cc1ccccc1)[C@H](Cc1ccccc1)C(=O)NCc1ccccc1Cl. The Bertz CT molecular complexity index is 977. The second kappa shape index (κ2) is 10.6. The Balaban J connectivity index is 1.83. The van der Waals surface area contributed by atoms with Gasteiger partial charge in [0, 0.05) is 31.5 Å². The highest BCUT2D eigenvalue weighted by Gasteiger charge is 2.28. The number of carbonyl (C=O) groups excluding carboxylic acids is 2. The van der Waals surface area contributed by atoms with Gasteiger partial charge in [-0.2, -0.15) is 0 Å². The predicted molar refractivity (Wildman–Crippen MR) is 120 cm³/mol. The molecule has 2 amide bonds. The van der Waals surface area contributed by atoms with Crippen molar-refractivity contribution in [3.63, 3.8) is 0 Å². The third-order valence-corrected chi connectivity index (χ3v) is 5.33. The molecule has 4 nitrogen and oxygen atoms in total. The van der Waals surface area contributed by atoms with Crippen molar-refractivity contribution in [2.24, 2.45) is 0 Å². The van der Waals surface area contributed by atoms with Gasteiger partial charge in [-0.15, -0.1) is 0 Å². The van der Waals surface area contributed by atoms with Crippen molar-refractivity contribution in [3.05, 3.63) is 107 Å². The van der Waals surface area contributed by atoms with Crippen molar-refractivity contribution in [2.75, 3.05) is 0 Å². The van der Waals surface area contributed by atoms with E-state index in [0.717, 1.165) is 16.7 Å². The highest BCUT2D eigenvalue weighted by atomic mass is 35.5. The van der Waals surface area contributed by atoms with Gasteiger partial charge in [-0.05, 0) is 22.8 Å². The molecule has 0 spiro atoms. The van der Waals surface area contributed by atoms with E-state index in [9.17, 15) is 9.59 Å². The summed E-state index contributed by atoms with van der Waals surface area (Å²) in [5, 5.41) is 3.57. The fourth-order valence-electron chi connectivity index (χ4n) is 3.34. The topological polar surface area (TPSA) is 49.4 Å². The van der Waals surface area contributed by atoms with Gasteiger partial charge in [-0.25, -0.2) is 0 Å². The van der Waals surface area contributed by atoms with E-state index >= 15 is 0 Å². The summed E-state index contributed by atoms with van der Waals surface area (Å²) >= 11 is 6.22. The zero-order valence-electron chi connectivity index (χ0n) is 16.9. The first-order chi connectivity index (χ1) is 14.5. The molecule has 1 atom stereocenters. The molecule has 3 aromatic carbocycles. The molecule has 5 heteroatoms. The van der Waals surface area contributed by atoms with Crippen molar-refractivity contribution in [1.82, 2.24) is 10.2 Å². The van der Waals surface area contributed by atoms with E-state index < -0.39 is 6.04 Å². The Morgan fingerprint density at radius 2 is 1.43 bits per heavy atom. The predicted octanol–water partition coefficient (Wildman–Crippen LogP) is 4.62. The molecule has 0 heterocycles. The van der Waals surface area contributed by atoms with Crippen molar-refractivity contribution in [1.29, 1.82) is 0 Å². The molecule has 0 radical (unpaired) electrons. The maximum Gasteiger partial charge on any atom is 0.243 e. The summed E-state index contributed by atoms with van der Waals surface area (Å²) in [4.78, 5) is 27.4. The minimum Gasteiger partial charge on any atom is -0.350 e. The summed E-state index contributed by atoms with van der Waals surface area (Å²) in [6, 6.07) is 26.2. The lowest BCUT2D eigenvalue weighted by molar-refractivity contribution is -0.139. The van der Waals surface area contributed by atoms with Crippen molar-refractivity contribution < 1.29 is 9.59 Å². The highest BCUT2D eigenvalue weighted by molar-refractivity contribution is 6.31. The van der Waals surface area contributed by atoms with Gasteiger partial charge in [0.1, 0.15) is 6.04 Å². The van der Waals surface area contributed by atoms with E-state index in [1.165, 1.54) is 6.92 Å². The summed E-state index contributed by atoms with van der Waals surface area (Å²) < 4.78 is 0. The minimum absolute atomic E-state index is 0.146. The van der Waals surface area contributed by atoms with Crippen LogP contribution in [0, 0.1) is 0 Å². The molecule has 3 aromatic rings. The molecule has 0 aromatic heterocycles. The van der Waals surface area contributed by atoms with E-state index in [1.807, 2.05) is 78.9 Å². The van der Waals surface area contributed by atoms with Crippen LogP contribution in [0.5, 0.6) is 0 Å². The maximum absolute atomic E-state index is 13.2. The molecular formula is C25H25ClN2O2. The van der Waals surface area contributed by atoms with Crippen LogP contribution in [0.3, 0.4) is 0 Å². The van der Waals surface area contributed by atoms with Crippen LogP contribution in [0.25, 0.3) is 0 Å². The molecule has 0 unspecified atom stereocenters. The van der Waals surface area contributed by atoms with Gasteiger partial charge < -0.3 is 10.2 Å². The van der Waals surface area contributed by atoms with E-state index in [2.05, 4.69) is 5.32 Å². The Hall–Kier alpha value is -3.11. The summed E-state index contributed by atoms with van der Waals surface area (Å²) in [7, 11) is 0. The molecule has 0 saturated carbocycles. The van der Waals surface area contributed by atoms with Crippen LogP contribution in [-0.2, 0) is 29.1 Å². The molecule has 0 aliphatic carbocycles. The molecule has 0 aliphatic rings. The second-order valence-corrected chi connectivity index (χ2v) is 7.55. The first-order valence-corrected chi connectivity index (χ1v) is 10.3. The molecule has 0 bridgehead atoms. The standard InChI is InChI=1S/C25H25ClN2O2/c1-19(29)28(18-21-12-6-3-7-13-21)24(16-20-10-4-2-5-11-20)25(30)27-17-22-14-8-9-15-23(22)26/h2-15,24H,16-18H2,1H3,(H,27,30)/t24-/m1/s1. The zero-order valence-corrected chi connectivity index (χ0v) is 17.7. The Morgan fingerprint density at radius 3 is 2.03 bits per heavy atom. The average Bonchev–Trinajstić information content (AvgIpc) is 2.76. The molecule has 0 saturated heterocycles. The van der Waals surface area contributed by atoms with Crippen LogP contribution in [0.1, 0.15) is 23.6 Å². The molecule has 0 aliphatic heterocycles. The first-order valence-electron chi connectivity index (χ1n) is 9.91. The van der Waals surface area contributed by atoms with Gasteiger partial charge >= 0.3 is 0 Å². The highest BCUT2D eigenvalue weighted by Crippen LogP contribution is 2.17. The van der Waals surface area contributed by atoms with Gasteiger partial charge in [0.2, 0.25) is 11.8 Å². The van der Waals surface area contributed by atoms with E-state index in [-0.39, 0.29) is 11.8 Å². The lowest BCUT2D eigenvalue weighted by Gasteiger charge is -2.30. The fourth-order valence-corrected chi connectivity index (χ4v) is 3.55. The van der Waals surface area contributed by atoms with Gasteiger partial charge in [0.25, 0.3) is 0 Å². The Labute approximate surface area is 182 Å². The second-order valence-electron chi connectivity index (χ2n) is 7.15. The third kappa shape index (κ3) is 5.94. The van der Waals surface area contributed by atoms with Crippen LogP contribution in [0.4, 0.5) is 0 Å². The molecule has 30 heavy (non-hydrogen) atoms. The van der Waals surface area contributed by atoms with E-state index in [0.29, 0.717) is 24.5 Å². The number of amides is 2. The Kier molecular flexibility index (Phi) is 7.63. The normalized spacial score (nSPS) is 11.5. The summed E-state index contributed by atoms with van der Waals surface area (Å²) in [6.45, 7) is 2.18. The van der Waals surface area contributed by atoms with E-state index in [1.54, 1.807) is 11.0 Å². The number of halogens is 1. The number of rotatable bonds is 8. The number of benzene rings is 3. The van der Waals surface area contributed by atoms with Gasteiger partial charge in [0.15, 0.2) is 0 Å². The average molecular weight is 421 g/mol. The maximum atomic E-state index is 13.2. The fraction of sp³-hybridized carbons (Fsp3) is 0.200. The largest absolute Gasteiger partial charge is 0.350 e. The number of nitrogens with zero attached hydrogens (tertiary/aromatic N) is 1. The quantitative estimate of drug-likeness (QED) is 0.578.